The third-order valence-corrected chi connectivity index (χ3v) is 6.74. The Hall–Kier alpha value is -2.96. The molecule has 0 aliphatic rings. The van der Waals surface area contributed by atoms with Crippen LogP contribution >= 0.6 is 11.8 Å². The molecular weight excluding hydrogens is 464 g/mol. The highest BCUT2D eigenvalue weighted by Gasteiger charge is 2.11. The van der Waals surface area contributed by atoms with Crippen LogP contribution in [0.5, 0.6) is 11.5 Å². The average Bonchev–Trinajstić information content (AvgIpc) is 2.83. The topological polar surface area (TPSA) is 52.6 Å². The van der Waals surface area contributed by atoms with Gasteiger partial charge in [0.25, 0.3) is 0 Å². The molecule has 2 aromatic rings. The first-order chi connectivity index (χ1) is 16.1. The molecule has 0 saturated heterocycles. The number of methoxy groups -OCH3 is 2. The lowest BCUT2D eigenvalue weighted by Crippen LogP contribution is -1.98. The predicted octanol–water partition coefficient (Wildman–Crippen LogP) is 7.64. The van der Waals surface area contributed by atoms with Crippen molar-refractivity contribution >= 4 is 26.5 Å². The normalized spacial score (nSPS) is 11.2. The molecule has 0 radical (unpaired) electrons. The van der Waals surface area contributed by atoms with Crippen molar-refractivity contribution in [3.05, 3.63) is 109 Å². The molecular formula is C28H36O4S2. The van der Waals surface area contributed by atoms with Crippen molar-refractivity contribution in [3.8, 4) is 11.5 Å². The van der Waals surface area contributed by atoms with Gasteiger partial charge in [-0.25, -0.2) is 8.42 Å². The Bertz CT molecular complexity index is 1130. The lowest BCUT2D eigenvalue weighted by Gasteiger charge is -2.10. The number of aryl methyl sites for hydroxylation is 1. The molecule has 2 aromatic carbocycles. The number of thioether (sulfide) groups is 1. The number of sulfone groups is 1. The summed E-state index contributed by atoms with van der Waals surface area (Å²) < 4.78 is 32.4. The summed E-state index contributed by atoms with van der Waals surface area (Å²) in [5.41, 5.74) is 3.66. The van der Waals surface area contributed by atoms with E-state index in [0.717, 1.165) is 11.2 Å². The molecule has 0 amide bonds. The van der Waals surface area contributed by atoms with Crippen molar-refractivity contribution in [2.75, 3.05) is 20.5 Å². The van der Waals surface area contributed by atoms with Crippen molar-refractivity contribution < 1.29 is 17.9 Å². The van der Waals surface area contributed by atoms with Gasteiger partial charge in [-0.1, -0.05) is 73.0 Å². The van der Waals surface area contributed by atoms with Crippen LogP contribution in [0.15, 0.2) is 102 Å². The van der Waals surface area contributed by atoms with Crippen molar-refractivity contribution in [2.45, 2.75) is 25.7 Å². The molecule has 34 heavy (non-hydrogen) atoms. The van der Waals surface area contributed by atoms with Crippen LogP contribution in [0.3, 0.4) is 0 Å². The van der Waals surface area contributed by atoms with E-state index in [0.29, 0.717) is 11.5 Å². The van der Waals surface area contributed by atoms with Crippen LogP contribution in [0.25, 0.3) is 4.91 Å². The molecule has 0 N–H and O–H groups in total. The minimum atomic E-state index is -3.20. The molecule has 0 aliphatic heterocycles. The first kappa shape index (κ1) is 31.0. The third kappa shape index (κ3) is 10.3. The van der Waals surface area contributed by atoms with E-state index < -0.39 is 9.84 Å². The van der Waals surface area contributed by atoms with Crippen LogP contribution in [0.4, 0.5) is 0 Å². The van der Waals surface area contributed by atoms with Gasteiger partial charge in [0, 0.05) is 22.1 Å². The number of rotatable bonds is 8. The van der Waals surface area contributed by atoms with Gasteiger partial charge in [0.1, 0.15) is 0 Å². The molecule has 4 nitrogen and oxygen atoms in total. The summed E-state index contributed by atoms with van der Waals surface area (Å²) in [5.74, 6) is 0.926. The van der Waals surface area contributed by atoms with Gasteiger partial charge in [-0.15, -0.1) is 13.2 Å². The number of benzene rings is 2. The summed E-state index contributed by atoms with van der Waals surface area (Å²) in [6.45, 7) is 20.1. The highest BCUT2D eigenvalue weighted by atomic mass is 32.2. The maximum Gasteiger partial charge on any atom is 0.175 e. The molecule has 2 rings (SSSR count). The Morgan fingerprint density at radius 2 is 1.65 bits per heavy atom. The minimum absolute atomic E-state index is 0.218. The monoisotopic (exact) mass is 500 g/mol. The molecule has 0 aliphatic carbocycles. The minimum Gasteiger partial charge on any atom is -0.493 e. The molecule has 0 heterocycles. The van der Waals surface area contributed by atoms with Crippen LogP contribution < -0.4 is 9.47 Å². The van der Waals surface area contributed by atoms with E-state index in [1.54, 1.807) is 17.8 Å². The standard InChI is InChI=1S/C17H20S.C9H12O4S.C2H4/c1-6-9-14(4)17(7-2)18-15(5)16-11-8-10-13(3)12-16;1-12-8-5-4-7(14(3,10)11)6-9(8)13-2;1-2/h6-12H,1,5H2,2-4H3;4-6H,1-3H3;1-2H2/b14-9-,17-7+;;. The summed E-state index contributed by atoms with van der Waals surface area (Å²) >= 11 is 1.71. The van der Waals surface area contributed by atoms with Gasteiger partial charge >= 0.3 is 0 Å². The Labute approximate surface area is 210 Å². The lowest BCUT2D eigenvalue weighted by atomic mass is 10.1. The summed E-state index contributed by atoms with van der Waals surface area (Å²) in [5, 5.41) is 0. The van der Waals surface area contributed by atoms with E-state index in [1.807, 2.05) is 19.1 Å². The smallest absolute Gasteiger partial charge is 0.175 e. The third-order valence-electron chi connectivity index (χ3n) is 4.38. The number of hydrogen-bond donors (Lipinski definition) is 0. The molecule has 0 fully saturated rings. The van der Waals surface area contributed by atoms with Crippen molar-refractivity contribution in [1.82, 2.24) is 0 Å². The first-order valence-corrected chi connectivity index (χ1v) is 13.1. The molecule has 0 spiro atoms. The zero-order valence-corrected chi connectivity index (χ0v) is 22.7. The van der Waals surface area contributed by atoms with Crippen LogP contribution in [0.2, 0.25) is 0 Å². The summed E-state index contributed by atoms with van der Waals surface area (Å²) in [7, 11) is -0.236. The molecule has 0 unspecified atom stereocenters. The van der Waals surface area contributed by atoms with Gasteiger partial charge in [0.15, 0.2) is 21.3 Å². The van der Waals surface area contributed by atoms with Gasteiger partial charge < -0.3 is 9.47 Å². The number of allylic oxidation sites excluding steroid dienone is 4. The summed E-state index contributed by atoms with van der Waals surface area (Å²) in [6.07, 6.45) is 7.09. The fourth-order valence-electron chi connectivity index (χ4n) is 2.68. The van der Waals surface area contributed by atoms with Crippen LogP contribution in [0.1, 0.15) is 25.0 Å². The Kier molecular flexibility index (Phi) is 14.4. The van der Waals surface area contributed by atoms with Crippen molar-refractivity contribution in [2.24, 2.45) is 0 Å². The van der Waals surface area contributed by atoms with Crippen molar-refractivity contribution in [3.63, 3.8) is 0 Å². The maximum atomic E-state index is 11.2. The Morgan fingerprint density at radius 3 is 2.12 bits per heavy atom. The van der Waals surface area contributed by atoms with Gasteiger partial charge in [-0.2, -0.15) is 0 Å². The zero-order valence-electron chi connectivity index (χ0n) is 21.1. The lowest BCUT2D eigenvalue weighted by molar-refractivity contribution is 0.354. The average molecular weight is 501 g/mol. The van der Waals surface area contributed by atoms with Gasteiger partial charge in [0.2, 0.25) is 0 Å². The van der Waals surface area contributed by atoms with E-state index in [9.17, 15) is 8.42 Å². The van der Waals surface area contributed by atoms with Crippen molar-refractivity contribution in [1.29, 1.82) is 0 Å². The highest BCUT2D eigenvalue weighted by molar-refractivity contribution is 8.12. The molecule has 0 aromatic heterocycles. The fourth-order valence-corrected chi connectivity index (χ4v) is 4.18. The number of hydrogen-bond acceptors (Lipinski definition) is 5. The first-order valence-electron chi connectivity index (χ1n) is 10.4. The van der Waals surface area contributed by atoms with Gasteiger partial charge in [-0.3, -0.25) is 0 Å². The second kappa shape index (κ2) is 15.8. The van der Waals surface area contributed by atoms with E-state index in [4.69, 9.17) is 9.47 Å². The largest absolute Gasteiger partial charge is 0.493 e. The van der Waals surface area contributed by atoms with Crippen LogP contribution in [-0.2, 0) is 9.84 Å². The second-order valence-electron chi connectivity index (χ2n) is 6.92. The Morgan fingerprint density at radius 1 is 1.03 bits per heavy atom. The van der Waals surface area contributed by atoms with Crippen LogP contribution in [0, 0.1) is 6.92 Å². The van der Waals surface area contributed by atoms with E-state index in [2.05, 4.69) is 70.5 Å². The summed E-state index contributed by atoms with van der Waals surface area (Å²) in [4.78, 5) is 2.51. The van der Waals surface area contributed by atoms with E-state index in [1.165, 1.54) is 48.0 Å². The summed E-state index contributed by atoms with van der Waals surface area (Å²) in [6, 6.07) is 12.9. The molecule has 184 valence electrons. The highest BCUT2D eigenvalue weighted by Crippen LogP contribution is 2.36. The van der Waals surface area contributed by atoms with E-state index >= 15 is 0 Å². The quantitative estimate of drug-likeness (QED) is 0.275. The second-order valence-corrected chi connectivity index (χ2v) is 10.1. The molecule has 0 saturated carbocycles. The SMILES string of the molecule is C=C.C=C/C=C(C)\C(=C/C)SC(=C)c1cccc(C)c1.COc1ccc(S(C)(=O)=O)cc1OC. The van der Waals surface area contributed by atoms with Crippen LogP contribution in [-0.4, -0.2) is 28.9 Å². The molecule has 6 heteroatoms. The fraction of sp³-hybridized carbons (Fsp3) is 0.214. The zero-order chi connectivity index (χ0) is 26.3. The molecule has 0 atom stereocenters. The maximum absolute atomic E-state index is 11.2. The van der Waals surface area contributed by atoms with Gasteiger partial charge in [-0.05, 0) is 44.0 Å². The van der Waals surface area contributed by atoms with Gasteiger partial charge in [0.05, 0.1) is 19.1 Å². The molecule has 0 bridgehead atoms. The predicted molar refractivity (Wildman–Crippen MR) is 149 cm³/mol. The Balaban J connectivity index is 0.000000613. The number of ether oxygens (including phenoxy) is 2. The van der Waals surface area contributed by atoms with E-state index in [-0.39, 0.29) is 4.90 Å².